The fourth-order valence-corrected chi connectivity index (χ4v) is 2.92. The monoisotopic (exact) mass is 416 g/mol. The summed E-state index contributed by atoms with van der Waals surface area (Å²) in [6.07, 6.45) is -9.11. The van der Waals surface area contributed by atoms with E-state index in [1.165, 1.54) is 7.11 Å². The first-order valence-electron chi connectivity index (χ1n) is 8.65. The van der Waals surface area contributed by atoms with Crippen LogP contribution in [0.4, 0.5) is 13.2 Å². The van der Waals surface area contributed by atoms with Crippen LogP contribution in [0.25, 0.3) is 0 Å². The summed E-state index contributed by atoms with van der Waals surface area (Å²) in [5.41, 5.74) is -0.919. The zero-order valence-corrected chi connectivity index (χ0v) is 15.3. The number of hydrogen-bond acceptors (Lipinski definition) is 7. The maximum Gasteiger partial charge on any atom is 0.433 e. The number of aliphatic hydroxyl groups is 2. The molecule has 0 saturated carbocycles. The Morgan fingerprint density at radius 3 is 2.59 bits per heavy atom. The molecule has 3 atom stereocenters. The van der Waals surface area contributed by atoms with E-state index >= 15 is 0 Å². The van der Waals surface area contributed by atoms with Gasteiger partial charge < -0.3 is 24.4 Å². The average molecular weight is 416 g/mol. The van der Waals surface area contributed by atoms with Gasteiger partial charge >= 0.3 is 6.18 Å². The van der Waals surface area contributed by atoms with Crippen molar-refractivity contribution in [2.24, 2.45) is 0 Å². The molecule has 1 aromatic heterocycles. The van der Waals surface area contributed by atoms with Gasteiger partial charge in [0.05, 0.1) is 25.4 Å². The summed E-state index contributed by atoms with van der Waals surface area (Å²) in [6.45, 7) is -0.489. The van der Waals surface area contributed by atoms with E-state index in [-0.39, 0.29) is 18.4 Å². The second-order valence-electron chi connectivity index (χ2n) is 6.45. The number of aromatic nitrogens is 2. The largest absolute Gasteiger partial charge is 0.497 e. The van der Waals surface area contributed by atoms with Gasteiger partial charge in [-0.3, -0.25) is 9.89 Å². The van der Waals surface area contributed by atoms with Crippen LogP contribution in [0, 0.1) is 0 Å². The fraction of sp³-hybridized carbons (Fsp3) is 0.444. The molecule has 3 rings (SSSR count). The zero-order chi connectivity index (χ0) is 21.2. The predicted molar refractivity (Wildman–Crippen MR) is 91.4 cm³/mol. The summed E-state index contributed by atoms with van der Waals surface area (Å²) in [5, 5.41) is 24.4. The lowest BCUT2D eigenvalue weighted by Crippen LogP contribution is -2.48. The molecule has 3 unspecified atom stereocenters. The molecule has 3 N–H and O–H groups in total. The summed E-state index contributed by atoms with van der Waals surface area (Å²) in [7, 11) is 1.47. The van der Waals surface area contributed by atoms with Gasteiger partial charge in [0, 0.05) is 12.8 Å². The van der Waals surface area contributed by atoms with E-state index in [1.54, 1.807) is 24.3 Å². The molecule has 2 aromatic rings. The summed E-state index contributed by atoms with van der Waals surface area (Å²) < 4.78 is 55.7. The molecule has 0 bridgehead atoms. The first-order chi connectivity index (χ1) is 13.7. The molecule has 2 heterocycles. The van der Waals surface area contributed by atoms with E-state index in [0.29, 0.717) is 11.3 Å². The Morgan fingerprint density at radius 1 is 1.31 bits per heavy atom. The van der Waals surface area contributed by atoms with Crippen molar-refractivity contribution in [2.45, 2.75) is 37.5 Å². The normalized spacial score (nSPS) is 22.6. The second kappa shape index (κ2) is 8.39. The van der Waals surface area contributed by atoms with Crippen LogP contribution in [0.15, 0.2) is 24.3 Å². The lowest BCUT2D eigenvalue weighted by Gasteiger charge is -2.30. The summed E-state index contributed by atoms with van der Waals surface area (Å²) in [6, 6.07) is 6.37. The van der Waals surface area contributed by atoms with Crippen molar-refractivity contribution in [3.8, 4) is 11.6 Å². The molecule has 29 heavy (non-hydrogen) atoms. The Labute approximate surface area is 163 Å². The molecular weight excluding hydrogens is 397 g/mol. The van der Waals surface area contributed by atoms with Crippen molar-refractivity contribution in [1.29, 1.82) is 0 Å². The predicted octanol–water partition coefficient (Wildman–Crippen LogP) is 1.44. The third-order valence-corrected chi connectivity index (χ3v) is 4.44. The van der Waals surface area contributed by atoms with Gasteiger partial charge in [-0.2, -0.15) is 13.2 Å². The number of Topliss-reactive ketones (excluding diaryl/α,β-unsaturated/α-hetero) is 1. The first-order valence-corrected chi connectivity index (χ1v) is 8.65. The molecule has 158 valence electrons. The van der Waals surface area contributed by atoms with Crippen LogP contribution in [0.1, 0.15) is 23.2 Å². The quantitative estimate of drug-likeness (QED) is 0.653. The van der Waals surface area contributed by atoms with Gasteiger partial charge in [-0.15, -0.1) is 5.10 Å². The van der Waals surface area contributed by atoms with Crippen molar-refractivity contribution in [3.05, 3.63) is 41.1 Å². The van der Waals surface area contributed by atoms with Crippen molar-refractivity contribution in [2.75, 3.05) is 13.7 Å². The van der Waals surface area contributed by atoms with Crippen LogP contribution >= 0.6 is 0 Å². The number of benzene rings is 1. The number of nitrogens with zero attached hydrogens (tertiary/aromatic N) is 1. The van der Waals surface area contributed by atoms with Crippen molar-refractivity contribution in [3.63, 3.8) is 0 Å². The van der Waals surface area contributed by atoms with E-state index in [4.69, 9.17) is 14.2 Å². The molecule has 0 amide bonds. The van der Waals surface area contributed by atoms with Crippen LogP contribution in [0.3, 0.4) is 0 Å². The van der Waals surface area contributed by atoms with Gasteiger partial charge in [0.1, 0.15) is 17.5 Å². The van der Waals surface area contributed by atoms with Crippen LogP contribution < -0.4 is 9.47 Å². The summed E-state index contributed by atoms with van der Waals surface area (Å²) >= 11 is 0. The number of halogens is 3. The van der Waals surface area contributed by atoms with Crippen molar-refractivity contribution in [1.82, 2.24) is 10.2 Å². The number of H-pyrrole nitrogens is 1. The number of hydrogen-bond donors (Lipinski definition) is 3. The SMILES string of the molecule is COc1ccc(Cc2c(OC3OC(CO)CC(O)C3=O)n[nH]c2C(F)(F)F)cc1. The van der Waals surface area contributed by atoms with Crippen LogP contribution in [0.5, 0.6) is 11.6 Å². The summed E-state index contributed by atoms with van der Waals surface area (Å²) in [4.78, 5) is 12.1. The van der Waals surface area contributed by atoms with E-state index in [9.17, 15) is 28.2 Å². The Bertz CT molecular complexity index is 852. The Morgan fingerprint density at radius 2 is 2.00 bits per heavy atom. The van der Waals surface area contributed by atoms with Crippen molar-refractivity contribution < 1.29 is 42.4 Å². The number of aromatic amines is 1. The van der Waals surface area contributed by atoms with Gasteiger partial charge in [-0.25, -0.2) is 0 Å². The molecule has 1 aromatic carbocycles. The number of carbonyl (C=O) groups excluding carboxylic acids is 1. The van der Waals surface area contributed by atoms with Gasteiger partial charge in [0.2, 0.25) is 11.7 Å². The third-order valence-electron chi connectivity index (χ3n) is 4.44. The maximum atomic E-state index is 13.4. The minimum atomic E-state index is -4.74. The van der Waals surface area contributed by atoms with Crippen LogP contribution in [-0.2, 0) is 22.1 Å². The number of aliphatic hydroxyl groups excluding tert-OH is 2. The van der Waals surface area contributed by atoms with E-state index in [0.717, 1.165) is 0 Å². The standard InChI is InChI=1S/C18H19F3N2O6/c1-27-10-4-2-9(3-5-10)6-12-15(18(19,20)21)22-23-16(12)29-17-14(26)13(25)7-11(8-24)28-17/h2-5,11,13,17,24-25H,6-8H2,1H3,(H,22,23). The van der Waals surface area contributed by atoms with Crippen molar-refractivity contribution >= 4 is 5.78 Å². The lowest BCUT2D eigenvalue weighted by molar-refractivity contribution is -0.192. The molecule has 1 aliphatic heterocycles. The highest BCUT2D eigenvalue weighted by Crippen LogP contribution is 2.36. The first kappa shape index (κ1) is 21.1. The van der Waals surface area contributed by atoms with Gasteiger partial charge in [0.15, 0.2) is 0 Å². The average Bonchev–Trinajstić information content (AvgIpc) is 3.08. The highest BCUT2D eigenvalue weighted by Gasteiger charge is 2.41. The Kier molecular flexibility index (Phi) is 6.10. The Hall–Kier alpha value is -2.63. The molecule has 0 radical (unpaired) electrons. The lowest BCUT2D eigenvalue weighted by atomic mass is 10.0. The summed E-state index contributed by atoms with van der Waals surface area (Å²) in [5.74, 6) is -0.794. The topological polar surface area (TPSA) is 114 Å². The smallest absolute Gasteiger partial charge is 0.433 e. The third kappa shape index (κ3) is 4.69. The van der Waals surface area contributed by atoms with Crippen LogP contribution in [0.2, 0.25) is 0 Å². The molecule has 1 fully saturated rings. The number of ketones is 1. The van der Waals surface area contributed by atoms with E-state index < -0.39 is 48.6 Å². The molecule has 1 aliphatic rings. The highest BCUT2D eigenvalue weighted by atomic mass is 19.4. The molecule has 11 heteroatoms. The van der Waals surface area contributed by atoms with E-state index in [1.807, 2.05) is 5.10 Å². The minimum absolute atomic E-state index is 0.137. The molecular formula is C18H19F3N2O6. The second-order valence-corrected chi connectivity index (χ2v) is 6.45. The van der Waals surface area contributed by atoms with E-state index in [2.05, 4.69) is 5.10 Å². The zero-order valence-electron chi connectivity index (χ0n) is 15.3. The highest BCUT2D eigenvalue weighted by molar-refractivity contribution is 5.87. The number of methoxy groups -OCH3 is 1. The molecule has 0 spiro atoms. The van der Waals surface area contributed by atoms with Gasteiger partial charge in [0.25, 0.3) is 6.29 Å². The maximum absolute atomic E-state index is 13.4. The molecule has 0 aliphatic carbocycles. The van der Waals surface area contributed by atoms with Crippen LogP contribution in [-0.4, -0.2) is 58.4 Å². The number of alkyl halides is 3. The number of ether oxygens (including phenoxy) is 3. The van der Waals surface area contributed by atoms with Gasteiger partial charge in [-0.05, 0) is 17.7 Å². The number of carbonyl (C=O) groups is 1. The molecule has 1 saturated heterocycles. The minimum Gasteiger partial charge on any atom is -0.497 e. The van der Waals surface area contributed by atoms with Gasteiger partial charge in [-0.1, -0.05) is 12.1 Å². The number of rotatable bonds is 6. The molecule has 8 nitrogen and oxygen atoms in total. The number of nitrogens with one attached hydrogen (secondary N) is 1. The fourth-order valence-electron chi connectivity index (χ4n) is 2.92. The Balaban J connectivity index is 1.90.